The number of amides is 1. The van der Waals surface area contributed by atoms with Gasteiger partial charge in [-0.25, -0.2) is 4.52 Å². The van der Waals surface area contributed by atoms with Crippen LogP contribution in [0.15, 0.2) is 30.9 Å². The number of aromatic nitrogens is 4. The van der Waals surface area contributed by atoms with E-state index >= 15 is 0 Å². The summed E-state index contributed by atoms with van der Waals surface area (Å²) in [5.74, 6) is 0.971. The highest BCUT2D eigenvalue weighted by atomic mass is 16.5. The maximum atomic E-state index is 12.2. The van der Waals surface area contributed by atoms with Crippen LogP contribution in [0.2, 0.25) is 0 Å². The normalized spacial score (nSPS) is 17.2. The van der Waals surface area contributed by atoms with Gasteiger partial charge in [0.2, 0.25) is 5.91 Å². The molecule has 1 N–H and O–H groups in total. The lowest BCUT2D eigenvalue weighted by Crippen LogP contribution is -2.58. The lowest BCUT2D eigenvalue weighted by atomic mass is 9.98. The summed E-state index contributed by atoms with van der Waals surface area (Å²) < 4.78 is 9.04. The number of likely N-dealkylation sites (tertiary alicyclic amines) is 1. The maximum absolute atomic E-state index is 12.2. The van der Waals surface area contributed by atoms with E-state index < -0.39 is 0 Å². The van der Waals surface area contributed by atoms with Gasteiger partial charge in [-0.1, -0.05) is 0 Å². The Bertz CT molecular complexity index is 1100. The first-order valence-electron chi connectivity index (χ1n) is 9.17. The molecule has 2 aliphatic heterocycles. The van der Waals surface area contributed by atoms with Gasteiger partial charge >= 0.3 is 0 Å². The minimum absolute atomic E-state index is 0.140. The van der Waals surface area contributed by atoms with E-state index in [2.05, 4.69) is 21.6 Å². The van der Waals surface area contributed by atoms with Crippen molar-refractivity contribution in [3.05, 3.63) is 36.4 Å². The van der Waals surface area contributed by atoms with Crippen LogP contribution in [0.4, 0.5) is 0 Å². The van der Waals surface area contributed by atoms with Gasteiger partial charge in [-0.3, -0.25) is 9.48 Å². The van der Waals surface area contributed by atoms with E-state index in [1.54, 1.807) is 17.8 Å². The highest BCUT2D eigenvalue weighted by Gasteiger charge is 2.37. The third-order valence-corrected chi connectivity index (χ3v) is 5.53. The van der Waals surface area contributed by atoms with E-state index in [9.17, 15) is 10.1 Å². The topological polar surface area (TPSA) is 100 Å². The van der Waals surface area contributed by atoms with E-state index in [4.69, 9.17) is 4.74 Å². The monoisotopic (exact) mass is 377 g/mol. The van der Waals surface area contributed by atoms with Crippen molar-refractivity contribution >= 4 is 11.4 Å². The van der Waals surface area contributed by atoms with Gasteiger partial charge in [0.1, 0.15) is 22.9 Å². The van der Waals surface area contributed by atoms with Crippen molar-refractivity contribution in [1.29, 1.82) is 5.26 Å². The molecule has 0 radical (unpaired) electrons. The van der Waals surface area contributed by atoms with Crippen molar-refractivity contribution in [1.82, 2.24) is 29.6 Å². The third-order valence-electron chi connectivity index (χ3n) is 5.53. The number of hydrogen-bond donors (Lipinski definition) is 1. The molecule has 0 aliphatic carbocycles. The van der Waals surface area contributed by atoms with Crippen molar-refractivity contribution < 1.29 is 9.53 Å². The van der Waals surface area contributed by atoms with Crippen LogP contribution in [0.3, 0.4) is 0 Å². The Morgan fingerprint density at radius 2 is 2.07 bits per heavy atom. The summed E-state index contributed by atoms with van der Waals surface area (Å²) >= 11 is 0. The van der Waals surface area contributed by atoms with E-state index in [-0.39, 0.29) is 17.9 Å². The molecule has 0 atom stereocenters. The summed E-state index contributed by atoms with van der Waals surface area (Å²) in [7, 11) is 1.58. The molecular formula is C19H19N7O2. The fourth-order valence-electron chi connectivity index (χ4n) is 3.69. The van der Waals surface area contributed by atoms with Gasteiger partial charge in [-0.2, -0.15) is 15.5 Å². The first-order valence-corrected chi connectivity index (χ1v) is 9.17. The highest BCUT2D eigenvalue weighted by molar-refractivity contribution is 5.81. The van der Waals surface area contributed by atoms with E-state index in [0.717, 1.165) is 24.2 Å². The number of pyridine rings is 1. The molecule has 2 aliphatic rings. The molecule has 142 valence electrons. The summed E-state index contributed by atoms with van der Waals surface area (Å²) in [4.78, 5) is 14.1. The molecule has 2 fully saturated rings. The second-order valence-corrected chi connectivity index (χ2v) is 7.22. The minimum atomic E-state index is 0.140. The summed E-state index contributed by atoms with van der Waals surface area (Å²) in [5, 5.41) is 21.1. The molecule has 0 spiro atoms. The number of rotatable bonds is 4. The lowest BCUT2D eigenvalue weighted by molar-refractivity contribution is -0.143. The fraction of sp³-hybridized carbons (Fsp3) is 0.368. The van der Waals surface area contributed by atoms with Gasteiger partial charge < -0.3 is 15.0 Å². The Labute approximate surface area is 161 Å². The molecule has 0 unspecified atom stereocenters. The number of carbonyl (C=O) groups is 1. The van der Waals surface area contributed by atoms with Gasteiger partial charge in [0, 0.05) is 49.7 Å². The number of carbonyl (C=O) groups excluding carboxylic acids is 1. The molecule has 0 bridgehead atoms. The molecule has 9 nitrogen and oxygen atoms in total. The second-order valence-electron chi connectivity index (χ2n) is 7.22. The zero-order valence-electron chi connectivity index (χ0n) is 15.4. The number of hydrogen-bond acceptors (Lipinski definition) is 6. The predicted octanol–water partition coefficient (Wildman–Crippen LogP) is 0.681. The molecule has 3 aromatic heterocycles. The van der Waals surface area contributed by atoms with Gasteiger partial charge in [0.15, 0.2) is 0 Å². The third kappa shape index (κ3) is 2.53. The summed E-state index contributed by atoms with van der Waals surface area (Å²) in [6.07, 6.45) is 7.17. The summed E-state index contributed by atoms with van der Waals surface area (Å²) in [6, 6.07) is 4.22. The van der Waals surface area contributed by atoms with Crippen molar-refractivity contribution in [2.45, 2.75) is 6.04 Å². The number of nitrogens with one attached hydrogen (secondary N) is 1. The van der Waals surface area contributed by atoms with Crippen LogP contribution in [0, 0.1) is 17.2 Å². The van der Waals surface area contributed by atoms with Gasteiger partial charge in [-0.15, -0.1) is 0 Å². The predicted molar refractivity (Wildman–Crippen MR) is 99.7 cm³/mol. The molecular weight excluding hydrogens is 358 g/mol. The van der Waals surface area contributed by atoms with Crippen molar-refractivity contribution in [2.24, 2.45) is 5.92 Å². The molecule has 5 heterocycles. The molecule has 1 amide bonds. The highest BCUT2D eigenvalue weighted by Crippen LogP contribution is 2.31. The quantitative estimate of drug-likeness (QED) is 0.718. The average molecular weight is 377 g/mol. The standard InChI is InChI=1S/C19H19N7O2/c1-28-17-2-12(8-26-18(17)13(3-20)6-23-26)15-7-22-25(9-15)16-10-24(11-16)19(27)14-4-21-5-14/h2,6-9,14,16,21H,4-5,10-11H2,1H3. The van der Waals surface area contributed by atoms with Crippen molar-refractivity contribution in [3.63, 3.8) is 0 Å². The van der Waals surface area contributed by atoms with Gasteiger partial charge in [-0.05, 0) is 6.07 Å². The van der Waals surface area contributed by atoms with Crippen LogP contribution >= 0.6 is 0 Å². The Kier molecular flexibility index (Phi) is 3.80. The zero-order chi connectivity index (χ0) is 19.3. The average Bonchev–Trinajstić information content (AvgIpc) is 3.25. The number of nitriles is 1. The molecule has 0 saturated carbocycles. The van der Waals surface area contributed by atoms with Crippen LogP contribution in [0.25, 0.3) is 16.6 Å². The molecule has 0 aromatic carbocycles. The Hall–Kier alpha value is -3.38. The molecule has 28 heavy (non-hydrogen) atoms. The largest absolute Gasteiger partial charge is 0.494 e. The summed E-state index contributed by atoms with van der Waals surface area (Å²) in [6.45, 7) is 2.97. The minimum Gasteiger partial charge on any atom is -0.494 e. The number of nitrogens with zero attached hydrogens (tertiary/aromatic N) is 6. The first kappa shape index (κ1) is 16.8. The zero-order valence-corrected chi connectivity index (χ0v) is 15.4. The number of ether oxygens (including phenoxy) is 1. The van der Waals surface area contributed by atoms with Crippen LogP contribution in [0.5, 0.6) is 5.75 Å². The van der Waals surface area contributed by atoms with Crippen LogP contribution in [-0.2, 0) is 4.79 Å². The number of methoxy groups -OCH3 is 1. The number of fused-ring (bicyclic) bond motifs is 1. The molecule has 5 rings (SSSR count). The van der Waals surface area contributed by atoms with Crippen molar-refractivity contribution in [3.8, 4) is 22.9 Å². The molecule has 9 heteroatoms. The summed E-state index contributed by atoms with van der Waals surface area (Å²) in [5.41, 5.74) is 2.96. The van der Waals surface area contributed by atoms with Crippen LogP contribution in [0.1, 0.15) is 11.6 Å². The van der Waals surface area contributed by atoms with Crippen molar-refractivity contribution in [2.75, 3.05) is 33.3 Å². The molecule has 3 aromatic rings. The van der Waals surface area contributed by atoms with Crippen LogP contribution < -0.4 is 10.1 Å². The SMILES string of the molecule is COc1cc(-c2cnn(C3CN(C(=O)C4CNC4)C3)c2)cn2ncc(C#N)c12. The fourth-order valence-corrected chi connectivity index (χ4v) is 3.69. The maximum Gasteiger partial charge on any atom is 0.228 e. The smallest absolute Gasteiger partial charge is 0.228 e. The Morgan fingerprint density at radius 1 is 1.25 bits per heavy atom. The Morgan fingerprint density at radius 3 is 2.75 bits per heavy atom. The molecule has 2 saturated heterocycles. The first-order chi connectivity index (χ1) is 13.7. The van der Waals surface area contributed by atoms with Gasteiger partial charge in [0.05, 0.1) is 31.5 Å². The van der Waals surface area contributed by atoms with Gasteiger partial charge in [0.25, 0.3) is 0 Å². The van der Waals surface area contributed by atoms with E-state index in [0.29, 0.717) is 29.9 Å². The second kappa shape index (κ2) is 6.35. The van der Waals surface area contributed by atoms with E-state index in [1.165, 1.54) is 6.20 Å². The van der Waals surface area contributed by atoms with E-state index in [1.807, 2.05) is 28.0 Å². The van der Waals surface area contributed by atoms with Crippen LogP contribution in [-0.4, -0.2) is 63.5 Å². The lowest BCUT2D eigenvalue weighted by Gasteiger charge is -2.42. The Balaban J connectivity index is 1.37.